The van der Waals surface area contributed by atoms with Gasteiger partial charge in [0.05, 0.1) is 11.1 Å². The van der Waals surface area contributed by atoms with Crippen LogP contribution in [0.15, 0.2) is 42.5 Å². The average Bonchev–Trinajstić information content (AvgIpc) is 2.37. The van der Waals surface area contributed by atoms with Crippen molar-refractivity contribution < 1.29 is 28.2 Å². The average molecular weight is 282 g/mol. The van der Waals surface area contributed by atoms with Gasteiger partial charge in [-0.15, -0.1) is 0 Å². The van der Waals surface area contributed by atoms with Gasteiger partial charge in [0.25, 0.3) is 0 Å². The predicted molar refractivity (Wildman–Crippen MR) is 64.6 cm³/mol. The molecule has 6 heteroatoms. The summed E-state index contributed by atoms with van der Waals surface area (Å²) in [4.78, 5) is 12.0. The Labute approximate surface area is 111 Å². The van der Waals surface area contributed by atoms with Crippen molar-refractivity contribution in [3.63, 3.8) is 0 Å². The van der Waals surface area contributed by atoms with E-state index in [2.05, 4.69) is 0 Å². The third kappa shape index (κ3) is 2.74. The smallest absolute Gasteiger partial charge is 0.416 e. The summed E-state index contributed by atoms with van der Waals surface area (Å²) >= 11 is 0. The Hall–Kier alpha value is -2.50. The second-order valence-electron chi connectivity index (χ2n) is 4.11. The second kappa shape index (κ2) is 4.88. The molecule has 0 atom stereocenters. The number of benzene rings is 2. The molecule has 0 radical (unpaired) electrons. The minimum absolute atomic E-state index is 0.0130. The lowest BCUT2D eigenvalue weighted by Crippen LogP contribution is -2.06. The highest BCUT2D eigenvalue weighted by molar-refractivity contribution is 6.10. The van der Waals surface area contributed by atoms with Gasteiger partial charge in [-0.1, -0.05) is 12.1 Å². The summed E-state index contributed by atoms with van der Waals surface area (Å²) < 4.78 is 37.2. The van der Waals surface area contributed by atoms with Crippen molar-refractivity contribution in [2.75, 3.05) is 0 Å². The van der Waals surface area contributed by atoms with E-state index in [1.54, 1.807) is 0 Å². The van der Waals surface area contributed by atoms with Crippen LogP contribution < -0.4 is 0 Å². The number of carbonyl (C=O) groups is 1. The molecule has 0 spiro atoms. The first-order valence-electron chi connectivity index (χ1n) is 5.53. The quantitative estimate of drug-likeness (QED) is 0.830. The van der Waals surface area contributed by atoms with Crippen LogP contribution in [0.4, 0.5) is 13.2 Å². The van der Waals surface area contributed by atoms with E-state index in [-0.39, 0.29) is 16.9 Å². The van der Waals surface area contributed by atoms with E-state index in [0.717, 1.165) is 30.3 Å². The van der Waals surface area contributed by atoms with Gasteiger partial charge in [-0.05, 0) is 24.3 Å². The minimum Gasteiger partial charge on any atom is -0.508 e. The normalized spacial score (nSPS) is 11.3. The van der Waals surface area contributed by atoms with Gasteiger partial charge in [-0.25, -0.2) is 0 Å². The molecular formula is C14H9F3O3. The third-order valence-corrected chi connectivity index (χ3v) is 2.70. The fraction of sp³-hybridized carbons (Fsp3) is 0.0714. The molecule has 0 fully saturated rings. The monoisotopic (exact) mass is 282 g/mol. The summed E-state index contributed by atoms with van der Waals surface area (Å²) in [6.07, 6.45) is -4.47. The SMILES string of the molecule is O=C(c1ccc(C(F)(F)F)cc1)c1ccc(O)cc1O. The molecule has 2 N–H and O–H groups in total. The van der Waals surface area contributed by atoms with E-state index in [9.17, 15) is 23.1 Å². The Morgan fingerprint density at radius 2 is 1.55 bits per heavy atom. The van der Waals surface area contributed by atoms with Crippen molar-refractivity contribution in [2.24, 2.45) is 0 Å². The van der Waals surface area contributed by atoms with E-state index >= 15 is 0 Å². The molecule has 0 saturated heterocycles. The van der Waals surface area contributed by atoms with Gasteiger partial charge < -0.3 is 10.2 Å². The zero-order valence-electron chi connectivity index (χ0n) is 9.98. The molecule has 0 unspecified atom stereocenters. The van der Waals surface area contributed by atoms with Crippen molar-refractivity contribution in [3.05, 3.63) is 59.2 Å². The van der Waals surface area contributed by atoms with Gasteiger partial charge in [0, 0.05) is 11.6 Å². The van der Waals surface area contributed by atoms with Gasteiger partial charge in [-0.2, -0.15) is 13.2 Å². The first-order chi connectivity index (χ1) is 9.29. The molecule has 0 saturated carbocycles. The Kier molecular flexibility index (Phi) is 3.40. The summed E-state index contributed by atoms with van der Waals surface area (Å²) in [7, 11) is 0. The Balaban J connectivity index is 2.34. The third-order valence-electron chi connectivity index (χ3n) is 2.70. The summed E-state index contributed by atoms with van der Waals surface area (Å²) in [6.45, 7) is 0. The van der Waals surface area contributed by atoms with Crippen molar-refractivity contribution in [2.45, 2.75) is 6.18 Å². The fourth-order valence-corrected chi connectivity index (χ4v) is 1.68. The van der Waals surface area contributed by atoms with Gasteiger partial charge in [0.1, 0.15) is 11.5 Å². The number of aromatic hydroxyl groups is 2. The zero-order valence-corrected chi connectivity index (χ0v) is 9.98. The van der Waals surface area contributed by atoms with Crippen LogP contribution in [-0.4, -0.2) is 16.0 Å². The molecule has 20 heavy (non-hydrogen) atoms. The number of phenolic OH excluding ortho intramolecular Hbond substituents is 2. The lowest BCUT2D eigenvalue weighted by Gasteiger charge is -2.08. The highest BCUT2D eigenvalue weighted by Crippen LogP contribution is 2.30. The summed E-state index contributed by atoms with van der Waals surface area (Å²) in [6, 6.07) is 7.06. The Morgan fingerprint density at radius 3 is 2.05 bits per heavy atom. The van der Waals surface area contributed by atoms with E-state index in [0.29, 0.717) is 0 Å². The topological polar surface area (TPSA) is 57.5 Å². The maximum atomic E-state index is 12.4. The van der Waals surface area contributed by atoms with Crippen molar-refractivity contribution in [1.29, 1.82) is 0 Å². The highest BCUT2D eigenvalue weighted by Gasteiger charge is 2.30. The standard InChI is InChI=1S/C14H9F3O3/c15-14(16,17)9-3-1-8(2-4-9)13(20)11-6-5-10(18)7-12(11)19/h1-7,18-19H. The molecule has 0 aliphatic rings. The maximum Gasteiger partial charge on any atom is 0.416 e. The number of carbonyl (C=O) groups excluding carboxylic acids is 1. The van der Waals surface area contributed by atoms with E-state index < -0.39 is 23.3 Å². The molecule has 2 rings (SSSR count). The van der Waals surface area contributed by atoms with Gasteiger partial charge >= 0.3 is 6.18 Å². The molecular weight excluding hydrogens is 273 g/mol. The molecule has 3 nitrogen and oxygen atoms in total. The van der Waals surface area contributed by atoms with Crippen molar-refractivity contribution >= 4 is 5.78 Å². The molecule has 104 valence electrons. The maximum absolute atomic E-state index is 12.4. The second-order valence-corrected chi connectivity index (χ2v) is 4.11. The number of rotatable bonds is 2. The molecule has 2 aromatic carbocycles. The fourth-order valence-electron chi connectivity index (χ4n) is 1.68. The molecule has 0 heterocycles. The Bertz CT molecular complexity index is 646. The van der Waals surface area contributed by atoms with Crippen LogP contribution in [0.2, 0.25) is 0 Å². The number of phenols is 2. The summed E-state index contributed by atoms with van der Waals surface area (Å²) in [5.41, 5.74) is -0.939. The number of hydrogen-bond acceptors (Lipinski definition) is 3. The Morgan fingerprint density at radius 1 is 0.950 bits per heavy atom. The molecule has 0 aromatic heterocycles. The van der Waals surface area contributed by atoms with Crippen LogP contribution >= 0.6 is 0 Å². The van der Waals surface area contributed by atoms with Crippen LogP contribution in [-0.2, 0) is 6.18 Å². The predicted octanol–water partition coefficient (Wildman–Crippen LogP) is 3.35. The first-order valence-corrected chi connectivity index (χ1v) is 5.53. The molecule has 0 amide bonds. The van der Waals surface area contributed by atoms with E-state index in [1.807, 2.05) is 0 Å². The van der Waals surface area contributed by atoms with Crippen LogP contribution in [0.25, 0.3) is 0 Å². The molecule has 0 bridgehead atoms. The van der Waals surface area contributed by atoms with Gasteiger partial charge in [-0.3, -0.25) is 4.79 Å². The van der Waals surface area contributed by atoms with Crippen LogP contribution in [0.5, 0.6) is 11.5 Å². The number of halogens is 3. The van der Waals surface area contributed by atoms with E-state index in [1.165, 1.54) is 12.1 Å². The lowest BCUT2D eigenvalue weighted by molar-refractivity contribution is -0.137. The summed E-state index contributed by atoms with van der Waals surface area (Å²) in [5.74, 6) is -1.28. The van der Waals surface area contributed by atoms with E-state index in [4.69, 9.17) is 5.11 Å². The highest BCUT2D eigenvalue weighted by atomic mass is 19.4. The molecule has 0 aliphatic heterocycles. The number of alkyl halides is 3. The lowest BCUT2D eigenvalue weighted by atomic mass is 10.0. The van der Waals surface area contributed by atoms with Crippen LogP contribution in [0, 0.1) is 0 Å². The van der Waals surface area contributed by atoms with Crippen LogP contribution in [0.3, 0.4) is 0 Å². The summed E-state index contributed by atoms with van der Waals surface area (Å²) in [5, 5.41) is 18.7. The minimum atomic E-state index is -4.47. The van der Waals surface area contributed by atoms with Gasteiger partial charge in [0.15, 0.2) is 5.78 Å². The van der Waals surface area contributed by atoms with Crippen molar-refractivity contribution in [3.8, 4) is 11.5 Å². The van der Waals surface area contributed by atoms with Gasteiger partial charge in [0.2, 0.25) is 0 Å². The van der Waals surface area contributed by atoms with Crippen molar-refractivity contribution in [1.82, 2.24) is 0 Å². The van der Waals surface area contributed by atoms with Crippen LogP contribution in [0.1, 0.15) is 21.5 Å². The zero-order chi connectivity index (χ0) is 14.9. The largest absolute Gasteiger partial charge is 0.508 e. The first kappa shape index (κ1) is 13.9. The molecule has 0 aliphatic carbocycles. The number of hydrogen-bond donors (Lipinski definition) is 2. The number of ketones is 1. The molecule has 2 aromatic rings.